The van der Waals surface area contributed by atoms with E-state index in [1.165, 1.54) is 22.6 Å². The molecule has 2 aromatic heterocycles. The van der Waals surface area contributed by atoms with Crippen molar-refractivity contribution in [1.29, 1.82) is 0 Å². The molecule has 0 atom stereocenters. The molecular weight excluding hydrogens is 462 g/mol. The van der Waals surface area contributed by atoms with E-state index in [0.29, 0.717) is 35.7 Å². The number of nitrogens with one attached hydrogen (secondary N) is 1. The Balaban J connectivity index is 1.27. The summed E-state index contributed by atoms with van der Waals surface area (Å²) in [5, 5.41) is 5.23. The van der Waals surface area contributed by atoms with Crippen LogP contribution in [0.15, 0.2) is 41.0 Å². The van der Waals surface area contributed by atoms with E-state index >= 15 is 0 Å². The molecule has 1 N–H and O–H groups in total. The van der Waals surface area contributed by atoms with Crippen LogP contribution in [0.1, 0.15) is 36.8 Å². The number of hydrogen-bond acceptors (Lipinski definition) is 7. The smallest absolute Gasteiger partial charge is 0.280 e. The van der Waals surface area contributed by atoms with Crippen LogP contribution in [0.5, 0.6) is 0 Å². The van der Waals surface area contributed by atoms with Gasteiger partial charge in [-0.3, -0.25) is 24.4 Å². The maximum Gasteiger partial charge on any atom is 0.280 e. The quantitative estimate of drug-likeness (QED) is 0.570. The van der Waals surface area contributed by atoms with E-state index in [9.17, 15) is 9.59 Å². The number of fused-ring (bicyclic) bond motifs is 3. The normalized spacial score (nSPS) is 14.7. The molecule has 0 radical (unpaired) electrons. The number of carbonyl (C=O) groups excluding carboxylic acids is 2. The molecule has 4 heterocycles. The van der Waals surface area contributed by atoms with Crippen molar-refractivity contribution in [2.75, 3.05) is 30.4 Å². The molecule has 0 spiro atoms. The third-order valence-corrected chi connectivity index (χ3v) is 6.28. The lowest BCUT2D eigenvalue weighted by Crippen LogP contribution is -2.48. The average Bonchev–Trinajstić information content (AvgIpc) is 3.56. The van der Waals surface area contributed by atoms with Gasteiger partial charge in [0.15, 0.2) is 16.6 Å². The van der Waals surface area contributed by atoms with Gasteiger partial charge in [0.1, 0.15) is 6.54 Å². The van der Waals surface area contributed by atoms with Gasteiger partial charge in [-0.1, -0.05) is 24.0 Å². The number of thiazole rings is 1. The molecule has 0 saturated heterocycles. The minimum absolute atomic E-state index is 0.0434. The number of nitrogens with zero attached hydrogens (tertiary/aromatic N) is 6. The first-order chi connectivity index (χ1) is 16.7. The van der Waals surface area contributed by atoms with Gasteiger partial charge in [0.2, 0.25) is 11.9 Å². The second-order valence-corrected chi connectivity index (χ2v) is 10.3. The number of anilines is 2. The Morgan fingerprint density at radius 3 is 2.74 bits per heavy atom. The van der Waals surface area contributed by atoms with Crippen LogP contribution in [-0.4, -0.2) is 57.3 Å². The fraction of sp³-hybridized carbons (Fsp3) is 0.320. The van der Waals surface area contributed by atoms with Crippen LogP contribution >= 0.6 is 11.3 Å². The molecule has 0 saturated carbocycles. The molecule has 0 bridgehead atoms. The molecule has 2 amide bonds. The molecule has 5 rings (SSSR count). The van der Waals surface area contributed by atoms with E-state index in [-0.39, 0.29) is 23.8 Å². The summed E-state index contributed by atoms with van der Waals surface area (Å²) in [5.74, 6) is 7.05. The highest BCUT2D eigenvalue weighted by Gasteiger charge is 2.38. The lowest BCUT2D eigenvalue weighted by atomic mass is 9.97. The van der Waals surface area contributed by atoms with E-state index in [1.807, 2.05) is 34.5 Å². The van der Waals surface area contributed by atoms with Crippen LogP contribution in [-0.2, 0) is 11.3 Å². The molecule has 2 aliphatic rings. The molecule has 35 heavy (non-hydrogen) atoms. The van der Waals surface area contributed by atoms with Crippen molar-refractivity contribution in [1.82, 2.24) is 19.4 Å². The van der Waals surface area contributed by atoms with Crippen LogP contribution in [0.2, 0.25) is 0 Å². The van der Waals surface area contributed by atoms with Gasteiger partial charge in [0.05, 0.1) is 18.6 Å². The number of amides is 2. The lowest BCUT2D eigenvalue weighted by molar-refractivity contribution is -0.116. The maximum atomic E-state index is 12.9. The molecule has 178 valence electrons. The topological polar surface area (TPSA) is 95.7 Å². The highest BCUT2D eigenvalue weighted by molar-refractivity contribution is 7.14. The van der Waals surface area contributed by atoms with Gasteiger partial charge in [0.25, 0.3) is 5.91 Å². The minimum atomic E-state index is -0.282. The number of carbonyl (C=O) groups is 2. The monoisotopic (exact) mass is 487 g/mol. The zero-order valence-corrected chi connectivity index (χ0v) is 20.8. The number of aliphatic imine (C=N–C) groups is 1. The molecule has 3 aromatic rings. The second-order valence-electron chi connectivity index (χ2n) is 9.41. The minimum Gasteiger partial charge on any atom is -0.315 e. The molecular formula is C25H25N7O2S. The van der Waals surface area contributed by atoms with E-state index in [0.717, 1.165) is 16.8 Å². The summed E-state index contributed by atoms with van der Waals surface area (Å²) < 4.78 is 1.57. The molecule has 1 aromatic carbocycles. The Labute approximate surface area is 207 Å². The summed E-state index contributed by atoms with van der Waals surface area (Å²) >= 11 is 1.35. The molecule has 10 heteroatoms. The molecule has 0 unspecified atom stereocenters. The number of guanidine groups is 1. The standard InChI is InChI=1S/C25H25N7O2S/c1-25(2,3)10-9-16-5-7-17(8-6-16)18-14-35-23(28-18)29-19(33)13-31-15-27-21-20(31)22(34)30(4)24-26-11-12-32(21)24/h5-8,14-15H,11-13H2,1-4H3,(H,28,29,33). The predicted molar refractivity (Wildman–Crippen MR) is 136 cm³/mol. The zero-order valence-electron chi connectivity index (χ0n) is 20.0. The summed E-state index contributed by atoms with van der Waals surface area (Å²) in [7, 11) is 1.68. The van der Waals surface area contributed by atoms with E-state index in [4.69, 9.17) is 0 Å². The van der Waals surface area contributed by atoms with Gasteiger partial charge >= 0.3 is 0 Å². The van der Waals surface area contributed by atoms with Gasteiger partial charge < -0.3 is 9.88 Å². The third kappa shape index (κ3) is 4.55. The van der Waals surface area contributed by atoms with Crippen LogP contribution in [0, 0.1) is 17.3 Å². The highest BCUT2D eigenvalue weighted by Crippen LogP contribution is 2.29. The van der Waals surface area contributed by atoms with Gasteiger partial charge in [0, 0.05) is 35.5 Å². The van der Waals surface area contributed by atoms with Crippen molar-refractivity contribution in [2.45, 2.75) is 27.3 Å². The van der Waals surface area contributed by atoms with Gasteiger partial charge in [-0.15, -0.1) is 11.3 Å². The Kier molecular flexibility index (Phi) is 5.65. The summed E-state index contributed by atoms with van der Waals surface area (Å²) in [6.45, 7) is 7.47. The Bertz CT molecular complexity index is 1400. The van der Waals surface area contributed by atoms with Crippen LogP contribution in [0.4, 0.5) is 10.9 Å². The predicted octanol–water partition coefficient (Wildman–Crippen LogP) is 3.30. The average molecular weight is 488 g/mol. The van der Waals surface area contributed by atoms with Crippen molar-refractivity contribution in [3.63, 3.8) is 0 Å². The molecule has 0 fully saturated rings. The molecule has 2 aliphatic heterocycles. The van der Waals surface area contributed by atoms with Crippen molar-refractivity contribution in [3.05, 3.63) is 47.2 Å². The molecule has 9 nitrogen and oxygen atoms in total. The first-order valence-electron chi connectivity index (χ1n) is 11.2. The van der Waals surface area contributed by atoms with Crippen molar-refractivity contribution in [3.8, 4) is 23.1 Å². The summed E-state index contributed by atoms with van der Waals surface area (Å²) in [6.07, 6.45) is 1.52. The first kappa shape index (κ1) is 22.8. The van der Waals surface area contributed by atoms with E-state index < -0.39 is 0 Å². The maximum absolute atomic E-state index is 12.9. The van der Waals surface area contributed by atoms with Crippen molar-refractivity contribution in [2.24, 2.45) is 10.4 Å². The SMILES string of the molecule is CN1C(=O)c2c(ncn2CC(=O)Nc2nc(-c3ccc(C#CC(C)(C)C)cc3)cs2)N2CCN=C12. The zero-order chi connectivity index (χ0) is 24.7. The van der Waals surface area contributed by atoms with E-state index in [2.05, 4.69) is 52.9 Å². The van der Waals surface area contributed by atoms with Crippen LogP contribution in [0.3, 0.4) is 0 Å². The van der Waals surface area contributed by atoms with Crippen molar-refractivity contribution < 1.29 is 9.59 Å². The summed E-state index contributed by atoms with van der Waals surface area (Å²) in [5.41, 5.74) is 3.01. The summed E-state index contributed by atoms with van der Waals surface area (Å²) in [6, 6.07) is 7.89. The fourth-order valence-electron chi connectivity index (χ4n) is 3.84. The number of hydrogen-bond donors (Lipinski definition) is 1. The van der Waals surface area contributed by atoms with E-state index in [1.54, 1.807) is 11.6 Å². The van der Waals surface area contributed by atoms with Crippen molar-refractivity contribution >= 4 is 40.1 Å². The van der Waals surface area contributed by atoms with Gasteiger partial charge in [-0.2, -0.15) is 0 Å². The van der Waals surface area contributed by atoms with Gasteiger partial charge in [-0.25, -0.2) is 9.97 Å². The number of imidazole rings is 1. The number of aromatic nitrogens is 3. The number of rotatable bonds is 4. The van der Waals surface area contributed by atoms with Crippen LogP contribution < -0.4 is 10.2 Å². The summed E-state index contributed by atoms with van der Waals surface area (Å²) in [4.78, 5) is 42.3. The number of benzene rings is 1. The third-order valence-electron chi connectivity index (χ3n) is 5.53. The Morgan fingerprint density at radius 1 is 1.23 bits per heavy atom. The second kappa shape index (κ2) is 8.67. The molecule has 0 aliphatic carbocycles. The Hall–Kier alpha value is -3.97. The largest absolute Gasteiger partial charge is 0.315 e. The lowest BCUT2D eigenvalue weighted by Gasteiger charge is -2.30. The Morgan fingerprint density at radius 2 is 2.00 bits per heavy atom. The first-order valence-corrected chi connectivity index (χ1v) is 12.1. The van der Waals surface area contributed by atoms with Crippen LogP contribution in [0.25, 0.3) is 11.3 Å². The van der Waals surface area contributed by atoms with Gasteiger partial charge in [-0.05, 0) is 32.9 Å². The highest BCUT2D eigenvalue weighted by atomic mass is 32.1. The fourth-order valence-corrected chi connectivity index (χ4v) is 4.58.